The molecule has 0 spiro atoms. The monoisotopic (exact) mass is 280 g/mol. The van der Waals surface area contributed by atoms with E-state index in [2.05, 4.69) is 56.4 Å². The topological polar surface area (TPSA) is 9.23 Å². The molecule has 0 amide bonds. The zero-order valence-corrected chi connectivity index (χ0v) is 13.7. The van der Waals surface area contributed by atoms with Gasteiger partial charge in [0.05, 0.1) is 5.94 Å². The van der Waals surface area contributed by atoms with Gasteiger partial charge in [-0.25, -0.2) is 0 Å². The minimum absolute atomic E-state index is 0.769. The molecule has 0 bridgehead atoms. The molecule has 100 valence electrons. The summed E-state index contributed by atoms with van der Waals surface area (Å²) in [4.78, 5) is 0. The van der Waals surface area contributed by atoms with Crippen molar-refractivity contribution in [3.05, 3.63) is 40.9 Å². The number of benzene rings is 1. The lowest BCUT2D eigenvalue weighted by Crippen LogP contribution is -2.43. The Hall–Kier alpha value is -0.513. The molecule has 0 heterocycles. The van der Waals surface area contributed by atoms with Crippen LogP contribution in [0, 0.1) is 0 Å². The average molecular weight is 281 g/mol. The maximum Gasteiger partial charge on any atom is 0.119 e. The van der Waals surface area contributed by atoms with E-state index in [1.54, 1.807) is 0 Å². The molecule has 0 radical (unpaired) electrons. The van der Waals surface area contributed by atoms with Crippen molar-refractivity contribution >= 4 is 25.0 Å². The van der Waals surface area contributed by atoms with E-state index in [0.717, 1.165) is 19.0 Å². The van der Waals surface area contributed by atoms with Crippen molar-refractivity contribution in [3.8, 4) is 0 Å². The molecule has 0 fully saturated rings. The van der Waals surface area contributed by atoms with Gasteiger partial charge in [0.2, 0.25) is 0 Å². The van der Waals surface area contributed by atoms with Gasteiger partial charge < -0.3 is 4.74 Å². The second-order valence-electron chi connectivity index (χ2n) is 4.72. The third-order valence-corrected chi connectivity index (χ3v) is 8.94. The van der Waals surface area contributed by atoms with Crippen LogP contribution in [0.15, 0.2) is 40.9 Å². The summed E-state index contributed by atoms with van der Waals surface area (Å²) in [6.45, 7) is 9.88. The largest absolute Gasteiger partial charge is 0.371 e. The molecule has 0 saturated carbocycles. The SMILES string of the molecule is CC/C=C(\SCOCC)[Si](C)(C)c1ccccc1. The molecule has 0 saturated heterocycles. The Kier molecular flexibility index (Phi) is 6.75. The van der Waals surface area contributed by atoms with E-state index in [1.807, 2.05) is 18.7 Å². The van der Waals surface area contributed by atoms with Crippen molar-refractivity contribution in [2.24, 2.45) is 0 Å². The highest BCUT2D eigenvalue weighted by Crippen LogP contribution is 2.27. The summed E-state index contributed by atoms with van der Waals surface area (Å²) >= 11 is 1.87. The van der Waals surface area contributed by atoms with Gasteiger partial charge in [0.1, 0.15) is 8.07 Å². The van der Waals surface area contributed by atoms with Crippen LogP contribution in [-0.4, -0.2) is 20.6 Å². The van der Waals surface area contributed by atoms with Crippen LogP contribution < -0.4 is 5.19 Å². The normalized spacial score (nSPS) is 12.8. The zero-order valence-electron chi connectivity index (χ0n) is 11.9. The zero-order chi connectivity index (χ0) is 13.4. The fraction of sp³-hybridized carbons (Fsp3) is 0.467. The van der Waals surface area contributed by atoms with Gasteiger partial charge >= 0.3 is 0 Å². The summed E-state index contributed by atoms with van der Waals surface area (Å²) < 4.78 is 7.02. The molecule has 0 atom stereocenters. The quantitative estimate of drug-likeness (QED) is 0.421. The highest BCUT2D eigenvalue weighted by atomic mass is 32.2. The van der Waals surface area contributed by atoms with Crippen LogP contribution >= 0.6 is 11.8 Å². The molecule has 0 aliphatic heterocycles. The van der Waals surface area contributed by atoms with Crippen molar-refractivity contribution in [1.29, 1.82) is 0 Å². The number of thioether (sulfide) groups is 1. The first kappa shape index (κ1) is 15.5. The van der Waals surface area contributed by atoms with E-state index in [-0.39, 0.29) is 0 Å². The summed E-state index contributed by atoms with van der Waals surface area (Å²) in [6.07, 6.45) is 3.47. The fourth-order valence-electron chi connectivity index (χ4n) is 1.87. The van der Waals surface area contributed by atoms with Gasteiger partial charge in [0, 0.05) is 6.61 Å². The van der Waals surface area contributed by atoms with Crippen LogP contribution in [0.4, 0.5) is 0 Å². The summed E-state index contributed by atoms with van der Waals surface area (Å²) in [5.41, 5.74) is 0. The fourth-order valence-corrected chi connectivity index (χ4v) is 6.53. The molecular weight excluding hydrogens is 256 g/mol. The van der Waals surface area contributed by atoms with Crippen LogP contribution in [-0.2, 0) is 4.74 Å². The number of rotatable bonds is 7. The van der Waals surface area contributed by atoms with Crippen LogP contribution in [0.5, 0.6) is 0 Å². The highest BCUT2D eigenvalue weighted by Gasteiger charge is 2.28. The van der Waals surface area contributed by atoms with E-state index < -0.39 is 8.07 Å². The van der Waals surface area contributed by atoms with E-state index in [1.165, 1.54) is 9.72 Å². The predicted octanol–water partition coefficient (Wildman–Crippen LogP) is 4.16. The minimum atomic E-state index is -1.54. The Morgan fingerprint density at radius 2 is 1.89 bits per heavy atom. The molecular formula is C15H24OSSi. The van der Waals surface area contributed by atoms with E-state index in [0.29, 0.717) is 0 Å². The van der Waals surface area contributed by atoms with Crippen LogP contribution in [0.25, 0.3) is 0 Å². The average Bonchev–Trinajstić information content (AvgIpc) is 2.39. The lowest BCUT2D eigenvalue weighted by Gasteiger charge is -2.26. The van der Waals surface area contributed by atoms with Crippen molar-refractivity contribution < 1.29 is 4.74 Å². The van der Waals surface area contributed by atoms with E-state index in [9.17, 15) is 0 Å². The lowest BCUT2D eigenvalue weighted by atomic mass is 10.4. The summed E-state index contributed by atoms with van der Waals surface area (Å²) in [6, 6.07) is 10.9. The molecule has 0 aromatic heterocycles. The first-order valence-corrected chi connectivity index (χ1v) is 10.6. The van der Waals surface area contributed by atoms with Gasteiger partial charge in [0.15, 0.2) is 0 Å². The van der Waals surface area contributed by atoms with Crippen molar-refractivity contribution in [2.45, 2.75) is 33.4 Å². The molecule has 0 N–H and O–H groups in total. The Morgan fingerprint density at radius 3 is 2.44 bits per heavy atom. The molecule has 1 rings (SSSR count). The van der Waals surface area contributed by atoms with E-state index in [4.69, 9.17) is 4.74 Å². The van der Waals surface area contributed by atoms with Gasteiger partial charge in [-0.2, -0.15) is 0 Å². The Labute approximate surface area is 117 Å². The second-order valence-corrected chi connectivity index (χ2v) is 10.4. The first-order valence-electron chi connectivity index (χ1n) is 6.59. The van der Waals surface area contributed by atoms with Crippen molar-refractivity contribution in [1.82, 2.24) is 0 Å². The number of allylic oxidation sites excluding steroid dienone is 1. The molecule has 3 heteroatoms. The predicted molar refractivity (Wildman–Crippen MR) is 86.0 cm³/mol. The third kappa shape index (κ3) is 4.30. The molecule has 0 aliphatic rings. The molecule has 18 heavy (non-hydrogen) atoms. The standard InChI is InChI=1S/C15H24OSSi/c1-5-10-15(17-13-16-6-2)18(3,4)14-11-8-7-9-12-14/h7-12H,5-6,13H2,1-4H3/b15-10+. The molecule has 1 nitrogen and oxygen atoms in total. The molecule has 0 aliphatic carbocycles. The maximum atomic E-state index is 5.49. The van der Waals surface area contributed by atoms with Crippen LogP contribution in [0.2, 0.25) is 13.1 Å². The van der Waals surface area contributed by atoms with Gasteiger partial charge in [-0.3, -0.25) is 0 Å². The third-order valence-electron chi connectivity index (χ3n) is 3.00. The summed E-state index contributed by atoms with van der Waals surface area (Å²) in [5.74, 6) is 0.769. The Balaban J connectivity index is 2.87. The van der Waals surface area contributed by atoms with Crippen LogP contribution in [0.3, 0.4) is 0 Å². The van der Waals surface area contributed by atoms with E-state index >= 15 is 0 Å². The number of hydrogen-bond donors (Lipinski definition) is 0. The maximum absolute atomic E-state index is 5.49. The minimum Gasteiger partial charge on any atom is -0.371 e. The van der Waals surface area contributed by atoms with Gasteiger partial charge in [0.25, 0.3) is 0 Å². The van der Waals surface area contributed by atoms with Crippen LogP contribution in [0.1, 0.15) is 20.3 Å². The summed E-state index contributed by atoms with van der Waals surface area (Å²) in [7, 11) is -1.54. The van der Waals surface area contributed by atoms with Crippen molar-refractivity contribution in [3.63, 3.8) is 0 Å². The Bertz CT molecular complexity index is 373. The molecule has 1 aromatic carbocycles. The lowest BCUT2D eigenvalue weighted by molar-refractivity contribution is 0.199. The molecule has 1 aromatic rings. The molecule has 0 unspecified atom stereocenters. The Morgan fingerprint density at radius 1 is 1.22 bits per heavy atom. The van der Waals surface area contributed by atoms with Gasteiger partial charge in [-0.1, -0.05) is 61.6 Å². The van der Waals surface area contributed by atoms with Crippen molar-refractivity contribution in [2.75, 3.05) is 12.5 Å². The van der Waals surface area contributed by atoms with Gasteiger partial charge in [-0.05, 0) is 17.9 Å². The second kappa shape index (κ2) is 7.82. The first-order chi connectivity index (χ1) is 8.62. The highest BCUT2D eigenvalue weighted by molar-refractivity contribution is 8.05. The summed E-state index contributed by atoms with van der Waals surface area (Å²) in [5, 5.41) is 1.49. The number of hydrogen-bond acceptors (Lipinski definition) is 2. The smallest absolute Gasteiger partial charge is 0.119 e. The number of ether oxygens (including phenoxy) is 1. The van der Waals surface area contributed by atoms with Gasteiger partial charge in [-0.15, -0.1) is 11.8 Å².